The van der Waals surface area contributed by atoms with Gasteiger partial charge >= 0.3 is 0 Å². The largest absolute Gasteiger partial charge is 0.394 e. The summed E-state index contributed by atoms with van der Waals surface area (Å²) in [6.45, 7) is -0.387. The van der Waals surface area contributed by atoms with Gasteiger partial charge in [-0.1, -0.05) is 17.8 Å². The van der Waals surface area contributed by atoms with Gasteiger partial charge in [-0.05, 0) is 29.2 Å². The summed E-state index contributed by atoms with van der Waals surface area (Å²) in [5, 5.41) is 33.5. The first-order valence-corrected chi connectivity index (χ1v) is 10.7. The van der Waals surface area contributed by atoms with Gasteiger partial charge in [0.25, 0.3) is 0 Å². The van der Waals surface area contributed by atoms with E-state index in [9.17, 15) is 15.3 Å². The van der Waals surface area contributed by atoms with Crippen molar-refractivity contribution in [2.45, 2.75) is 35.3 Å². The number of aliphatic hydroxyl groups is 3. The fourth-order valence-electron chi connectivity index (χ4n) is 3.40. The van der Waals surface area contributed by atoms with Gasteiger partial charge in [0.1, 0.15) is 35.2 Å². The molecule has 3 N–H and O–H groups in total. The lowest BCUT2D eigenvalue weighted by atomic mass is 10.1. The molecular formula is C18H17N5O4S2. The highest BCUT2D eigenvalue weighted by atomic mass is 32.2. The van der Waals surface area contributed by atoms with Crippen molar-refractivity contribution in [2.75, 3.05) is 6.61 Å². The summed E-state index contributed by atoms with van der Waals surface area (Å²) in [7, 11) is 0. The van der Waals surface area contributed by atoms with Gasteiger partial charge in [0.2, 0.25) is 0 Å². The van der Waals surface area contributed by atoms with Gasteiger partial charge in [-0.25, -0.2) is 15.0 Å². The number of aromatic nitrogens is 5. The average Bonchev–Trinajstić information content (AvgIpc) is 3.44. The van der Waals surface area contributed by atoms with Crippen molar-refractivity contribution in [3.8, 4) is 0 Å². The Morgan fingerprint density at radius 2 is 2.07 bits per heavy atom. The normalized spacial score (nSPS) is 24.7. The van der Waals surface area contributed by atoms with Gasteiger partial charge in [0.15, 0.2) is 11.9 Å². The van der Waals surface area contributed by atoms with E-state index in [1.54, 1.807) is 4.57 Å². The molecule has 0 amide bonds. The van der Waals surface area contributed by atoms with Gasteiger partial charge in [-0.3, -0.25) is 4.57 Å². The zero-order chi connectivity index (χ0) is 20.0. The summed E-state index contributed by atoms with van der Waals surface area (Å²) in [6, 6.07) is 6.17. The van der Waals surface area contributed by atoms with Gasteiger partial charge in [-0.15, -0.1) is 0 Å². The van der Waals surface area contributed by atoms with Crippen LogP contribution < -0.4 is 0 Å². The Hall–Kier alpha value is -2.15. The van der Waals surface area contributed by atoms with Gasteiger partial charge in [-0.2, -0.15) is 4.37 Å². The molecule has 9 nitrogen and oxygen atoms in total. The first kappa shape index (κ1) is 18.9. The van der Waals surface area contributed by atoms with Crippen molar-refractivity contribution < 1.29 is 20.1 Å². The number of hydrogen-bond donors (Lipinski definition) is 3. The summed E-state index contributed by atoms with van der Waals surface area (Å²) in [4.78, 5) is 13.0. The Balaban J connectivity index is 1.41. The Bertz CT molecular complexity index is 1170. The third-order valence-electron chi connectivity index (χ3n) is 4.91. The highest BCUT2D eigenvalue weighted by molar-refractivity contribution is 7.98. The molecule has 0 bridgehead atoms. The van der Waals surface area contributed by atoms with Crippen LogP contribution in [-0.4, -0.2) is 64.1 Å². The maximum atomic E-state index is 10.3. The lowest BCUT2D eigenvalue weighted by Crippen LogP contribution is -2.33. The molecule has 0 unspecified atom stereocenters. The summed E-state index contributed by atoms with van der Waals surface area (Å²) in [5.74, 6) is 0.707. The number of imidazole rings is 1. The van der Waals surface area contributed by atoms with E-state index in [4.69, 9.17) is 4.74 Å². The Morgan fingerprint density at radius 1 is 1.17 bits per heavy atom. The first-order valence-electron chi connectivity index (χ1n) is 8.91. The monoisotopic (exact) mass is 431 g/mol. The zero-order valence-electron chi connectivity index (χ0n) is 15.0. The number of benzene rings is 1. The molecule has 1 aliphatic heterocycles. The predicted octanol–water partition coefficient (Wildman–Crippen LogP) is 1.34. The minimum absolute atomic E-state index is 0.387. The first-order chi connectivity index (χ1) is 14.2. The molecule has 0 radical (unpaired) electrons. The molecule has 1 saturated heterocycles. The van der Waals surface area contributed by atoms with Crippen molar-refractivity contribution in [1.29, 1.82) is 0 Å². The molecule has 1 aliphatic rings. The third-order valence-corrected chi connectivity index (χ3v) is 6.63. The average molecular weight is 431 g/mol. The summed E-state index contributed by atoms with van der Waals surface area (Å²) in [5.41, 5.74) is 3.23. The van der Waals surface area contributed by atoms with Crippen molar-refractivity contribution >= 4 is 45.4 Å². The van der Waals surface area contributed by atoms with E-state index in [0.29, 0.717) is 21.9 Å². The van der Waals surface area contributed by atoms with E-state index in [2.05, 4.69) is 25.4 Å². The van der Waals surface area contributed by atoms with Crippen LogP contribution in [0, 0.1) is 0 Å². The molecule has 4 heterocycles. The van der Waals surface area contributed by atoms with Crippen LogP contribution in [0.4, 0.5) is 0 Å². The van der Waals surface area contributed by atoms with Crippen molar-refractivity contribution in [2.24, 2.45) is 0 Å². The third kappa shape index (κ3) is 3.29. The Labute approximate surface area is 173 Å². The zero-order valence-corrected chi connectivity index (χ0v) is 16.6. The van der Waals surface area contributed by atoms with Crippen LogP contribution in [0.15, 0.2) is 41.3 Å². The summed E-state index contributed by atoms with van der Waals surface area (Å²) < 4.78 is 11.5. The van der Waals surface area contributed by atoms with Crippen molar-refractivity contribution in [1.82, 2.24) is 23.9 Å². The smallest absolute Gasteiger partial charge is 0.166 e. The molecule has 0 aliphatic carbocycles. The van der Waals surface area contributed by atoms with Crippen LogP contribution in [0.25, 0.3) is 22.1 Å². The van der Waals surface area contributed by atoms with Crippen LogP contribution in [0.1, 0.15) is 11.8 Å². The number of thioether (sulfide) groups is 1. The maximum Gasteiger partial charge on any atom is 0.166 e. The van der Waals surface area contributed by atoms with Crippen LogP contribution >= 0.6 is 23.3 Å². The molecule has 0 spiro atoms. The molecule has 29 heavy (non-hydrogen) atoms. The second kappa shape index (κ2) is 7.59. The lowest BCUT2D eigenvalue weighted by molar-refractivity contribution is -0.0511. The Kier molecular flexibility index (Phi) is 4.94. The van der Waals surface area contributed by atoms with E-state index in [0.717, 1.165) is 16.5 Å². The van der Waals surface area contributed by atoms with Crippen molar-refractivity contribution in [3.05, 3.63) is 41.8 Å². The van der Waals surface area contributed by atoms with E-state index < -0.39 is 24.5 Å². The highest BCUT2D eigenvalue weighted by Crippen LogP contribution is 2.33. The number of ether oxygens (including phenoxy) is 1. The molecule has 0 saturated carbocycles. The molecule has 1 aromatic carbocycles. The molecule has 4 aromatic rings. The minimum atomic E-state index is -1.19. The molecule has 5 rings (SSSR count). The number of rotatable bonds is 5. The lowest BCUT2D eigenvalue weighted by Gasteiger charge is -2.16. The molecule has 1 fully saturated rings. The SMILES string of the molecule is OC[C@H]1O[C@@H](n2cnc3c(SCc4ccc5nscc5c4)ncnc32)[C@H](O)[C@@H]1O. The van der Waals surface area contributed by atoms with Gasteiger partial charge < -0.3 is 20.1 Å². The second-order valence-corrected chi connectivity index (χ2v) is 8.32. The molecular weight excluding hydrogens is 414 g/mol. The topological polar surface area (TPSA) is 126 Å². The molecule has 4 atom stereocenters. The van der Waals surface area contributed by atoms with E-state index >= 15 is 0 Å². The number of nitrogens with zero attached hydrogens (tertiary/aromatic N) is 5. The second-order valence-electron chi connectivity index (χ2n) is 6.73. The number of aliphatic hydroxyl groups excluding tert-OH is 3. The van der Waals surface area contributed by atoms with E-state index in [1.165, 1.54) is 35.9 Å². The molecule has 3 aromatic heterocycles. The number of fused-ring (bicyclic) bond motifs is 2. The fraction of sp³-hybridized carbons (Fsp3) is 0.333. The quantitative estimate of drug-likeness (QED) is 0.317. The maximum absolute atomic E-state index is 10.3. The number of hydrogen-bond acceptors (Lipinski definition) is 10. The van der Waals surface area contributed by atoms with Crippen LogP contribution in [-0.2, 0) is 10.5 Å². The molecule has 11 heteroatoms. The van der Waals surface area contributed by atoms with Crippen LogP contribution in [0.2, 0.25) is 0 Å². The fourth-order valence-corrected chi connectivity index (χ4v) is 4.92. The van der Waals surface area contributed by atoms with Gasteiger partial charge in [0, 0.05) is 16.5 Å². The highest BCUT2D eigenvalue weighted by Gasteiger charge is 2.44. The van der Waals surface area contributed by atoms with Crippen molar-refractivity contribution in [3.63, 3.8) is 0 Å². The van der Waals surface area contributed by atoms with Gasteiger partial charge in [0.05, 0.1) is 18.5 Å². The minimum Gasteiger partial charge on any atom is -0.394 e. The predicted molar refractivity (Wildman–Crippen MR) is 108 cm³/mol. The van der Waals surface area contributed by atoms with E-state index in [-0.39, 0.29) is 6.61 Å². The summed E-state index contributed by atoms with van der Waals surface area (Å²) in [6.07, 6.45) is -1.16. The Morgan fingerprint density at radius 3 is 2.90 bits per heavy atom. The summed E-state index contributed by atoms with van der Waals surface area (Å²) >= 11 is 2.98. The van der Waals surface area contributed by atoms with Crippen LogP contribution in [0.3, 0.4) is 0 Å². The standard InChI is InChI=1S/C18H17N5O4S2/c24-4-12-14(25)15(26)18(27-12)23-8-21-13-16(23)19-7-20-17(13)28-5-9-1-2-11-10(3-9)6-29-22-11/h1-3,6-8,12,14-15,18,24-26H,4-5H2/t12-,14-,15-,18-/m1/s1. The van der Waals surface area contributed by atoms with Crippen LogP contribution in [0.5, 0.6) is 0 Å². The van der Waals surface area contributed by atoms with E-state index in [1.807, 2.05) is 17.5 Å². The molecule has 150 valence electrons.